The van der Waals surface area contributed by atoms with E-state index in [0.717, 1.165) is 31.0 Å². The van der Waals surface area contributed by atoms with Gasteiger partial charge in [0.15, 0.2) is 11.5 Å². The molecule has 1 heterocycles. The van der Waals surface area contributed by atoms with E-state index in [1.54, 1.807) is 0 Å². The molecule has 0 saturated carbocycles. The number of rotatable bonds is 8. The summed E-state index contributed by atoms with van der Waals surface area (Å²) >= 11 is 0. The number of fused-ring (bicyclic) bond motifs is 1. The predicted molar refractivity (Wildman–Crippen MR) is 118 cm³/mol. The molecule has 1 N–H and O–H groups in total. The van der Waals surface area contributed by atoms with Gasteiger partial charge in [-0.05, 0) is 53.9 Å². The second-order valence-corrected chi connectivity index (χ2v) is 7.60. The molecule has 1 aliphatic heterocycles. The van der Waals surface area contributed by atoms with E-state index in [4.69, 9.17) is 9.47 Å². The van der Waals surface area contributed by atoms with E-state index in [1.165, 1.54) is 22.4 Å². The first kappa shape index (κ1) is 19.3. The van der Waals surface area contributed by atoms with Crippen molar-refractivity contribution in [1.82, 2.24) is 5.32 Å². The van der Waals surface area contributed by atoms with Crippen molar-refractivity contribution in [3.8, 4) is 11.5 Å². The molecule has 0 bridgehead atoms. The van der Waals surface area contributed by atoms with Gasteiger partial charge in [0.25, 0.3) is 0 Å². The Bertz CT molecular complexity index is 923. The van der Waals surface area contributed by atoms with Crippen LogP contribution in [0, 0.1) is 0 Å². The zero-order valence-electron chi connectivity index (χ0n) is 17.1. The molecule has 1 atom stereocenters. The van der Waals surface area contributed by atoms with Gasteiger partial charge in [-0.25, -0.2) is 0 Å². The molecule has 29 heavy (non-hydrogen) atoms. The van der Waals surface area contributed by atoms with Gasteiger partial charge in [-0.3, -0.25) is 0 Å². The summed E-state index contributed by atoms with van der Waals surface area (Å²) in [5.41, 5.74) is 5.11. The van der Waals surface area contributed by atoms with Crippen molar-refractivity contribution in [1.29, 1.82) is 0 Å². The molecule has 0 radical (unpaired) electrons. The molecule has 0 spiro atoms. The lowest BCUT2D eigenvalue weighted by molar-refractivity contribution is 0.174. The third-order valence-corrected chi connectivity index (χ3v) is 5.39. The first-order chi connectivity index (χ1) is 14.2. The maximum atomic E-state index is 5.59. The normalized spacial score (nSPS) is 13.3. The largest absolute Gasteiger partial charge is 0.454 e. The van der Waals surface area contributed by atoms with Gasteiger partial charge in [-0.15, -0.1) is 0 Å². The van der Waals surface area contributed by atoms with E-state index in [0.29, 0.717) is 12.7 Å². The Morgan fingerprint density at radius 1 is 0.862 bits per heavy atom. The Balaban J connectivity index is 1.41. The van der Waals surface area contributed by atoms with Crippen LogP contribution in [0.25, 0.3) is 0 Å². The average molecular weight is 389 g/mol. The number of benzene rings is 3. The van der Waals surface area contributed by atoms with Crippen molar-refractivity contribution in [2.45, 2.75) is 18.9 Å². The molecular formula is C25H28N2O2. The van der Waals surface area contributed by atoms with Gasteiger partial charge in [-0.1, -0.05) is 48.5 Å². The van der Waals surface area contributed by atoms with Gasteiger partial charge >= 0.3 is 0 Å². The van der Waals surface area contributed by atoms with Crippen LogP contribution in [0.3, 0.4) is 0 Å². The van der Waals surface area contributed by atoms with Crippen molar-refractivity contribution >= 4 is 5.69 Å². The van der Waals surface area contributed by atoms with Gasteiger partial charge in [-0.2, -0.15) is 0 Å². The van der Waals surface area contributed by atoms with Crippen LogP contribution >= 0.6 is 0 Å². The predicted octanol–water partition coefficient (Wildman–Crippen LogP) is 4.79. The second-order valence-electron chi connectivity index (χ2n) is 7.60. The van der Waals surface area contributed by atoms with Crippen LogP contribution in [-0.4, -0.2) is 27.4 Å². The van der Waals surface area contributed by atoms with Crippen molar-refractivity contribution in [3.05, 3.63) is 89.5 Å². The quantitative estimate of drug-likeness (QED) is 0.563. The third kappa shape index (κ3) is 4.72. The minimum atomic E-state index is 0.308. The van der Waals surface area contributed by atoms with Gasteiger partial charge < -0.3 is 19.7 Å². The van der Waals surface area contributed by atoms with Crippen molar-refractivity contribution in [2.24, 2.45) is 0 Å². The molecule has 0 aliphatic carbocycles. The molecule has 150 valence electrons. The zero-order chi connectivity index (χ0) is 20.1. The lowest BCUT2D eigenvalue weighted by Gasteiger charge is -2.19. The van der Waals surface area contributed by atoms with Crippen LogP contribution in [0.5, 0.6) is 11.5 Å². The maximum Gasteiger partial charge on any atom is 0.231 e. The fourth-order valence-corrected chi connectivity index (χ4v) is 3.73. The lowest BCUT2D eigenvalue weighted by atomic mass is 9.88. The summed E-state index contributed by atoms with van der Waals surface area (Å²) < 4.78 is 11.1. The van der Waals surface area contributed by atoms with Crippen LogP contribution in [0.2, 0.25) is 0 Å². The Morgan fingerprint density at radius 2 is 1.62 bits per heavy atom. The van der Waals surface area contributed by atoms with Crippen LogP contribution < -0.4 is 19.7 Å². The molecular weight excluding hydrogens is 360 g/mol. The van der Waals surface area contributed by atoms with Gasteiger partial charge in [0, 0.05) is 32.2 Å². The summed E-state index contributed by atoms with van der Waals surface area (Å²) in [6, 6.07) is 25.7. The fourth-order valence-electron chi connectivity index (χ4n) is 3.73. The number of hydrogen-bond donors (Lipinski definition) is 1. The molecule has 1 aliphatic rings. The molecule has 0 amide bonds. The summed E-state index contributed by atoms with van der Waals surface area (Å²) in [6.45, 7) is 2.11. The van der Waals surface area contributed by atoms with Crippen molar-refractivity contribution < 1.29 is 9.47 Å². The molecule has 1 unspecified atom stereocenters. The Kier molecular flexibility index (Phi) is 6.01. The number of ether oxygens (including phenoxy) is 2. The number of nitrogens with zero attached hydrogens (tertiary/aromatic N) is 1. The number of anilines is 1. The fraction of sp³-hybridized carbons (Fsp3) is 0.280. The minimum Gasteiger partial charge on any atom is -0.454 e. The van der Waals surface area contributed by atoms with Crippen molar-refractivity contribution in [3.63, 3.8) is 0 Å². The first-order valence-corrected chi connectivity index (χ1v) is 10.1. The van der Waals surface area contributed by atoms with E-state index in [1.807, 2.05) is 6.07 Å². The van der Waals surface area contributed by atoms with E-state index in [-0.39, 0.29) is 0 Å². The standard InChI is InChI=1S/C25H28N2O2/c1-27(2)22-11-8-19(9-12-22)17-26-15-14-23(20-6-4-3-5-7-20)21-10-13-24-25(16-21)29-18-28-24/h3-13,16,23,26H,14-15,17-18H2,1-2H3. The molecule has 4 rings (SSSR count). The zero-order valence-corrected chi connectivity index (χ0v) is 17.1. The van der Waals surface area contributed by atoms with Gasteiger partial charge in [0.2, 0.25) is 6.79 Å². The van der Waals surface area contributed by atoms with Gasteiger partial charge in [0.1, 0.15) is 0 Å². The van der Waals surface area contributed by atoms with E-state index < -0.39 is 0 Å². The molecule has 4 heteroatoms. The Hall–Kier alpha value is -2.98. The molecule has 3 aromatic carbocycles. The molecule has 0 aromatic heterocycles. The first-order valence-electron chi connectivity index (χ1n) is 10.1. The second kappa shape index (κ2) is 9.01. The van der Waals surface area contributed by atoms with Crippen molar-refractivity contribution in [2.75, 3.05) is 32.3 Å². The summed E-state index contributed by atoms with van der Waals surface area (Å²) in [5.74, 6) is 1.99. The maximum absolute atomic E-state index is 5.59. The Morgan fingerprint density at radius 3 is 2.38 bits per heavy atom. The van der Waals surface area contributed by atoms with Gasteiger partial charge in [0.05, 0.1) is 0 Å². The average Bonchev–Trinajstić information content (AvgIpc) is 3.22. The lowest BCUT2D eigenvalue weighted by Crippen LogP contribution is -2.18. The minimum absolute atomic E-state index is 0.308. The number of nitrogens with one attached hydrogen (secondary N) is 1. The summed E-state index contributed by atoms with van der Waals surface area (Å²) in [6.07, 6.45) is 1.01. The monoisotopic (exact) mass is 388 g/mol. The summed E-state index contributed by atoms with van der Waals surface area (Å²) in [4.78, 5) is 2.12. The highest BCUT2D eigenvalue weighted by Gasteiger charge is 2.19. The topological polar surface area (TPSA) is 33.7 Å². The molecule has 0 saturated heterocycles. The highest BCUT2D eigenvalue weighted by molar-refractivity contribution is 5.47. The van der Waals surface area contributed by atoms with E-state index in [9.17, 15) is 0 Å². The highest BCUT2D eigenvalue weighted by atomic mass is 16.7. The summed E-state index contributed by atoms with van der Waals surface area (Å²) in [7, 11) is 4.13. The van der Waals surface area contributed by atoms with E-state index >= 15 is 0 Å². The third-order valence-electron chi connectivity index (χ3n) is 5.39. The Labute approximate surface area is 173 Å². The van der Waals surface area contributed by atoms with Crippen LogP contribution in [0.15, 0.2) is 72.8 Å². The molecule has 0 fully saturated rings. The molecule has 4 nitrogen and oxygen atoms in total. The SMILES string of the molecule is CN(C)c1ccc(CNCCC(c2ccccc2)c2ccc3c(c2)OCO3)cc1. The smallest absolute Gasteiger partial charge is 0.231 e. The number of hydrogen-bond acceptors (Lipinski definition) is 4. The van der Waals surface area contributed by atoms with E-state index in [2.05, 4.69) is 91.0 Å². The summed E-state index contributed by atoms with van der Waals surface area (Å²) in [5, 5.41) is 3.60. The highest BCUT2D eigenvalue weighted by Crippen LogP contribution is 2.37. The van der Waals surface area contributed by atoms with Crippen LogP contribution in [0.4, 0.5) is 5.69 Å². The van der Waals surface area contributed by atoms with Crippen LogP contribution in [0.1, 0.15) is 29.0 Å². The van der Waals surface area contributed by atoms with Crippen LogP contribution in [-0.2, 0) is 6.54 Å². The molecule has 3 aromatic rings.